The second-order valence-corrected chi connectivity index (χ2v) is 6.93. The van der Waals surface area contributed by atoms with Gasteiger partial charge in [0.25, 0.3) is 0 Å². The zero-order chi connectivity index (χ0) is 16.9. The van der Waals surface area contributed by atoms with Gasteiger partial charge in [-0.25, -0.2) is 0 Å². The molecule has 0 aliphatic heterocycles. The maximum Gasteiger partial charge on any atom is 0.241 e. The van der Waals surface area contributed by atoms with Crippen LogP contribution in [0.2, 0.25) is 0 Å². The third-order valence-corrected chi connectivity index (χ3v) is 4.49. The fourth-order valence-electron chi connectivity index (χ4n) is 2.99. The Hall–Kier alpha value is -2.13. The molecule has 3 heteroatoms. The number of carbonyl (C=O) groups is 1. The first-order valence-electron chi connectivity index (χ1n) is 8.81. The van der Waals surface area contributed by atoms with Crippen LogP contribution in [0.5, 0.6) is 0 Å². The van der Waals surface area contributed by atoms with E-state index in [1.165, 1.54) is 5.56 Å². The highest BCUT2D eigenvalue weighted by Gasteiger charge is 2.30. The number of carbonyl (C=O) groups excluding carboxylic acids is 1. The van der Waals surface area contributed by atoms with E-state index in [4.69, 9.17) is 0 Å². The van der Waals surface area contributed by atoms with Gasteiger partial charge >= 0.3 is 0 Å². The van der Waals surface area contributed by atoms with Gasteiger partial charge < -0.3 is 5.32 Å². The fourth-order valence-corrected chi connectivity index (χ4v) is 2.99. The predicted molar refractivity (Wildman–Crippen MR) is 97.5 cm³/mol. The van der Waals surface area contributed by atoms with Crippen molar-refractivity contribution in [3.8, 4) is 0 Å². The lowest BCUT2D eigenvalue weighted by Gasteiger charge is -2.28. The molecule has 2 N–H and O–H groups in total. The SMILES string of the molecule is CC(C)[C@H](N[C@H](C(=O)NC1CC1)c1ccccc1)c1ccccc1. The Morgan fingerprint density at radius 2 is 1.46 bits per heavy atom. The monoisotopic (exact) mass is 322 g/mol. The molecule has 2 aromatic carbocycles. The molecule has 1 aliphatic carbocycles. The summed E-state index contributed by atoms with van der Waals surface area (Å²) in [6.45, 7) is 4.37. The molecule has 3 nitrogen and oxygen atoms in total. The largest absolute Gasteiger partial charge is 0.352 e. The molecule has 3 rings (SSSR count). The molecule has 126 valence electrons. The van der Waals surface area contributed by atoms with Crippen molar-refractivity contribution in [2.45, 2.75) is 44.8 Å². The molecule has 0 spiro atoms. The van der Waals surface area contributed by atoms with Gasteiger partial charge in [-0.15, -0.1) is 0 Å². The summed E-state index contributed by atoms with van der Waals surface area (Å²) in [4.78, 5) is 12.8. The third kappa shape index (κ3) is 4.24. The van der Waals surface area contributed by atoms with E-state index in [2.05, 4.69) is 36.6 Å². The van der Waals surface area contributed by atoms with Crippen LogP contribution in [0.25, 0.3) is 0 Å². The Morgan fingerprint density at radius 3 is 1.96 bits per heavy atom. The summed E-state index contributed by atoms with van der Waals surface area (Å²) in [6, 6.07) is 20.5. The van der Waals surface area contributed by atoms with Gasteiger partial charge in [0.15, 0.2) is 0 Å². The average Bonchev–Trinajstić information content (AvgIpc) is 3.41. The summed E-state index contributed by atoms with van der Waals surface area (Å²) >= 11 is 0. The van der Waals surface area contributed by atoms with Crippen LogP contribution in [0.15, 0.2) is 60.7 Å². The molecule has 1 amide bonds. The molecule has 0 unspecified atom stereocenters. The molecule has 24 heavy (non-hydrogen) atoms. The van der Waals surface area contributed by atoms with Crippen molar-refractivity contribution >= 4 is 5.91 Å². The molecule has 0 aromatic heterocycles. The van der Waals surface area contributed by atoms with Gasteiger partial charge in [-0.1, -0.05) is 74.5 Å². The highest BCUT2D eigenvalue weighted by atomic mass is 16.2. The van der Waals surface area contributed by atoms with Gasteiger partial charge in [0.05, 0.1) is 0 Å². The first kappa shape index (κ1) is 16.7. The van der Waals surface area contributed by atoms with E-state index in [1.54, 1.807) is 0 Å². The van der Waals surface area contributed by atoms with Crippen molar-refractivity contribution < 1.29 is 4.79 Å². The molecule has 0 heterocycles. The number of rotatable bonds is 7. The van der Waals surface area contributed by atoms with Gasteiger partial charge in [0.2, 0.25) is 5.91 Å². The van der Waals surface area contributed by atoms with Crippen molar-refractivity contribution in [3.05, 3.63) is 71.8 Å². The van der Waals surface area contributed by atoms with E-state index in [0.717, 1.165) is 18.4 Å². The van der Waals surface area contributed by atoms with E-state index in [-0.39, 0.29) is 18.0 Å². The number of hydrogen-bond donors (Lipinski definition) is 2. The lowest BCUT2D eigenvalue weighted by atomic mass is 9.93. The van der Waals surface area contributed by atoms with E-state index in [9.17, 15) is 4.79 Å². The lowest BCUT2D eigenvalue weighted by molar-refractivity contribution is -0.123. The smallest absolute Gasteiger partial charge is 0.241 e. The second kappa shape index (κ2) is 7.63. The number of benzene rings is 2. The van der Waals surface area contributed by atoms with Gasteiger partial charge in [-0.3, -0.25) is 10.1 Å². The Kier molecular flexibility index (Phi) is 5.31. The van der Waals surface area contributed by atoms with Crippen LogP contribution in [0, 0.1) is 5.92 Å². The molecule has 1 fully saturated rings. The molecular formula is C21H26N2O. The van der Waals surface area contributed by atoms with E-state index in [1.807, 2.05) is 48.5 Å². The first-order valence-corrected chi connectivity index (χ1v) is 8.81. The number of hydrogen-bond acceptors (Lipinski definition) is 2. The van der Waals surface area contributed by atoms with Crippen molar-refractivity contribution in [1.82, 2.24) is 10.6 Å². The minimum absolute atomic E-state index is 0.0743. The third-order valence-electron chi connectivity index (χ3n) is 4.49. The minimum atomic E-state index is -0.334. The van der Waals surface area contributed by atoms with Crippen molar-refractivity contribution in [2.24, 2.45) is 5.92 Å². The molecular weight excluding hydrogens is 296 g/mol. The van der Waals surface area contributed by atoms with Crippen LogP contribution >= 0.6 is 0 Å². The van der Waals surface area contributed by atoms with Crippen LogP contribution in [0.1, 0.15) is 49.9 Å². The highest BCUT2D eigenvalue weighted by molar-refractivity contribution is 5.83. The predicted octanol–water partition coefficient (Wildman–Crippen LogP) is 3.99. The van der Waals surface area contributed by atoms with E-state index in [0.29, 0.717) is 12.0 Å². The zero-order valence-electron chi connectivity index (χ0n) is 14.4. The zero-order valence-corrected chi connectivity index (χ0v) is 14.4. The molecule has 1 saturated carbocycles. The van der Waals surface area contributed by atoms with Crippen LogP contribution in [-0.4, -0.2) is 11.9 Å². The molecule has 0 radical (unpaired) electrons. The quantitative estimate of drug-likeness (QED) is 0.809. The van der Waals surface area contributed by atoms with Gasteiger partial charge in [-0.2, -0.15) is 0 Å². The molecule has 0 bridgehead atoms. The molecule has 2 aromatic rings. The Bertz CT molecular complexity index is 650. The normalized spacial score (nSPS) is 16.6. The van der Waals surface area contributed by atoms with Gasteiger partial charge in [-0.05, 0) is 29.9 Å². The second-order valence-electron chi connectivity index (χ2n) is 6.93. The van der Waals surface area contributed by atoms with Crippen LogP contribution in [0.4, 0.5) is 0 Å². The summed E-state index contributed by atoms with van der Waals surface area (Å²) in [5.41, 5.74) is 2.23. The van der Waals surface area contributed by atoms with Crippen molar-refractivity contribution in [3.63, 3.8) is 0 Å². The van der Waals surface area contributed by atoms with Crippen LogP contribution in [-0.2, 0) is 4.79 Å². The van der Waals surface area contributed by atoms with Crippen LogP contribution < -0.4 is 10.6 Å². The number of nitrogens with one attached hydrogen (secondary N) is 2. The fraction of sp³-hybridized carbons (Fsp3) is 0.381. The van der Waals surface area contributed by atoms with Crippen molar-refractivity contribution in [2.75, 3.05) is 0 Å². The maximum atomic E-state index is 12.8. The van der Waals surface area contributed by atoms with E-state index >= 15 is 0 Å². The average molecular weight is 322 g/mol. The standard InChI is InChI=1S/C21H26N2O/c1-15(2)19(16-9-5-3-6-10-16)23-20(17-11-7-4-8-12-17)21(24)22-18-13-14-18/h3-12,15,18-20,23H,13-14H2,1-2H3,(H,22,24)/t19-,20-/m0/s1. The molecule has 0 saturated heterocycles. The summed E-state index contributed by atoms with van der Waals surface area (Å²) in [7, 11) is 0. The molecule has 2 atom stereocenters. The van der Waals surface area contributed by atoms with Crippen molar-refractivity contribution in [1.29, 1.82) is 0 Å². The summed E-state index contributed by atoms with van der Waals surface area (Å²) in [5.74, 6) is 0.456. The minimum Gasteiger partial charge on any atom is -0.352 e. The Balaban J connectivity index is 1.85. The highest BCUT2D eigenvalue weighted by Crippen LogP contribution is 2.27. The lowest BCUT2D eigenvalue weighted by Crippen LogP contribution is -2.41. The topological polar surface area (TPSA) is 41.1 Å². The Labute approximate surface area is 144 Å². The summed E-state index contributed by atoms with van der Waals surface area (Å²) in [6.07, 6.45) is 2.19. The first-order chi connectivity index (χ1) is 11.6. The molecule has 1 aliphatic rings. The van der Waals surface area contributed by atoms with Gasteiger partial charge in [0.1, 0.15) is 6.04 Å². The van der Waals surface area contributed by atoms with Gasteiger partial charge in [0, 0.05) is 12.1 Å². The number of amides is 1. The Morgan fingerprint density at radius 1 is 0.917 bits per heavy atom. The van der Waals surface area contributed by atoms with Crippen LogP contribution in [0.3, 0.4) is 0 Å². The maximum absolute atomic E-state index is 12.8. The summed E-state index contributed by atoms with van der Waals surface area (Å²) < 4.78 is 0. The summed E-state index contributed by atoms with van der Waals surface area (Å²) in [5, 5.41) is 6.75. The van der Waals surface area contributed by atoms with E-state index < -0.39 is 0 Å².